The average Bonchev–Trinajstić information content (AvgIpc) is 3.61. The number of hydroxylamine groups is 1. The molecule has 1 atom stereocenters. The Labute approximate surface area is 213 Å². The van der Waals surface area contributed by atoms with Crippen molar-refractivity contribution < 1.29 is 42.5 Å². The predicted molar refractivity (Wildman–Crippen MR) is 132 cm³/mol. The van der Waals surface area contributed by atoms with Gasteiger partial charge < -0.3 is 23.2 Å². The van der Waals surface area contributed by atoms with E-state index in [0.29, 0.717) is 22.9 Å². The van der Waals surface area contributed by atoms with Crippen molar-refractivity contribution >= 4 is 31.1 Å². The zero-order valence-electron chi connectivity index (χ0n) is 20.2. The van der Waals surface area contributed by atoms with Crippen molar-refractivity contribution in [1.82, 2.24) is 0 Å². The summed E-state index contributed by atoms with van der Waals surface area (Å²) in [5, 5.41) is 11.8. The van der Waals surface area contributed by atoms with E-state index in [2.05, 4.69) is 0 Å². The van der Waals surface area contributed by atoms with Gasteiger partial charge in [-0.15, -0.1) is 0 Å². The Morgan fingerprint density at radius 3 is 2.35 bits per heavy atom. The number of hydrogen-bond acceptors (Lipinski definition) is 9. The summed E-state index contributed by atoms with van der Waals surface area (Å²) in [6.45, 7) is 3.22. The van der Waals surface area contributed by atoms with E-state index >= 15 is 0 Å². The fourth-order valence-electron chi connectivity index (χ4n) is 4.25. The first-order chi connectivity index (χ1) is 17.8. The Morgan fingerprint density at radius 2 is 1.78 bits per heavy atom. The third-order valence-electron chi connectivity index (χ3n) is 5.88. The summed E-state index contributed by atoms with van der Waals surface area (Å²) in [5.41, 5.74) is -1.07. The first kappa shape index (κ1) is 26.0. The lowest BCUT2D eigenvalue weighted by Gasteiger charge is -2.37. The molecule has 1 N–H and O–H groups in total. The van der Waals surface area contributed by atoms with E-state index in [9.17, 15) is 19.8 Å². The Kier molecular flexibility index (Phi) is 7.68. The van der Waals surface area contributed by atoms with E-state index in [0.717, 1.165) is 0 Å². The van der Waals surface area contributed by atoms with Gasteiger partial charge in [-0.1, -0.05) is 12.1 Å². The number of ether oxygens (including phenoxy) is 2. The molecule has 4 rings (SSSR count). The molecule has 2 aromatic heterocycles. The maximum atomic E-state index is 13.4. The smallest absolute Gasteiger partial charge is 0.344 e. The molecular weight excluding hydrogens is 503 g/mol. The molecule has 37 heavy (non-hydrogen) atoms. The van der Waals surface area contributed by atoms with Gasteiger partial charge in [0, 0.05) is 36.3 Å². The molecule has 192 valence electrons. The molecular formula is C25H24N2O9P+. The highest BCUT2D eigenvalue weighted by molar-refractivity contribution is 7.38. The normalized spacial score (nSPS) is 18.9. The number of nitro groups is 1. The highest BCUT2D eigenvalue weighted by Gasteiger charge is 2.56. The number of carbonyl (C=O) groups is 1. The molecule has 1 aliphatic rings. The molecule has 0 amide bonds. The van der Waals surface area contributed by atoms with Crippen LogP contribution in [0.3, 0.4) is 0 Å². The first-order valence-electron chi connectivity index (χ1n) is 11.1. The van der Waals surface area contributed by atoms with Crippen molar-refractivity contribution in [3.63, 3.8) is 0 Å². The van der Waals surface area contributed by atoms with Gasteiger partial charge in [-0.2, -0.15) is 0 Å². The minimum Gasteiger partial charge on any atom is -0.467 e. The van der Waals surface area contributed by atoms with E-state index in [4.69, 9.17) is 23.1 Å². The lowest BCUT2D eigenvalue weighted by molar-refractivity contribution is -0.759. The lowest BCUT2D eigenvalue weighted by Crippen LogP contribution is -2.51. The van der Waals surface area contributed by atoms with Crippen LogP contribution >= 0.6 is 8.43 Å². The molecule has 0 bridgehead atoms. The number of nitro benzene ring substituents is 1. The summed E-state index contributed by atoms with van der Waals surface area (Å²) < 4.78 is 23.7. The number of carbonyl (C=O) groups excluding carboxylic acids is 1. The summed E-state index contributed by atoms with van der Waals surface area (Å²) in [5.74, 6) is 0.200. The number of methoxy groups -OCH3 is 1. The lowest BCUT2D eigenvalue weighted by atomic mass is 9.78. The maximum Gasteiger partial charge on any atom is 0.344 e. The predicted octanol–water partition coefficient (Wildman–Crippen LogP) is 4.28. The fourth-order valence-corrected chi connectivity index (χ4v) is 4.93. The van der Waals surface area contributed by atoms with Crippen molar-refractivity contribution in [2.75, 3.05) is 7.11 Å². The number of esters is 1. The molecule has 1 aliphatic heterocycles. The van der Waals surface area contributed by atoms with Gasteiger partial charge in [-0.25, -0.2) is 4.79 Å². The number of furan rings is 2. The van der Waals surface area contributed by atoms with Crippen LogP contribution in [0.25, 0.3) is 0 Å². The molecule has 0 saturated heterocycles. The summed E-state index contributed by atoms with van der Waals surface area (Å²) in [6, 6.07) is 12.5. The van der Waals surface area contributed by atoms with Crippen molar-refractivity contribution in [3.8, 4) is 0 Å². The Balaban J connectivity index is 1.95. The van der Waals surface area contributed by atoms with Crippen LogP contribution in [0.2, 0.25) is 0 Å². The van der Waals surface area contributed by atoms with Gasteiger partial charge in [0.25, 0.3) is 5.69 Å². The Hall–Kier alpha value is -4.05. The monoisotopic (exact) mass is 527 g/mol. The quantitative estimate of drug-likeness (QED) is 0.142. The van der Waals surface area contributed by atoms with Crippen LogP contribution in [0.15, 0.2) is 81.2 Å². The zero-order chi connectivity index (χ0) is 26.6. The van der Waals surface area contributed by atoms with Crippen LogP contribution in [0.5, 0.6) is 0 Å². The second-order valence-electron chi connectivity index (χ2n) is 7.99. The van der Waals surface area contributed by atoms with Crippen LogP contribution in [0.4, 0.5) is 5.69 Å². The molecule has 3 aromatic rings. The number of benzene rings is 1. The van der Waals surface area contributed by atoms with Gasteiger partial charge in [0.2, 0.25) is 18.0 Å². The first-order valence-corrected chi connectivity index (χ1v) is 11.9. The minimum absolute atomic E-state index is 0.0244. The van der Waals surface area contributed by atoms with Crippen LogP contribution in [-0.2, 0) is 37.9 Å². The number of non-ortho nitro benzene ring substituents is 1. The zero-order valence-corrected chi connectivity index (χ0v) is 21.1. The molecule has 1 aromatic carbocycles. The van der Waals surface area contributed by atoms with Gasteiger partial charge >= 0.3 is 5.97 Å². The van der Waals surface area contributed by atoms with E-state index in [1.807, 2.05) is 0 Å². The van der Waals surface area contributed by atoms with E-state index in [1.165, 1.54) is 42.6 Å². The number of hydrogen-bond donors (Lipinski definition) is 1. The van der Waals surface area contributed by atoms with Gasteiger partial charge in [0.15, 0.2) is 5.60 Å². The molecule has 0 radical (unpaired) electrons. The van der Waals surface area contributed by atoms with Crippen molar-refractivity contribution in [2.24, 2.45) is 0 Å². The van der Waals surface area contributed by atoms with Gasteiger partial charge in [-0.05, 0) is 24.3 Å². The van der Waals surface area contributed by atoms with E-state index < -0.39 is 16.5 Å². The second-order valence-corrected chi connectivity index (χ2v) is 8.64. The topological polar surface area (TPSA) is 137 Å². The molecule has 0 saturated carbocycles. The fraction of sp³-hybridized carbons (Fsp3) is 0.240. The van der Waals surface area contributed by atoms with Crippen LogP contribution in [-0.4, -0.2) is 38.6 Å². The number of nitrogens with zero attached hydrogens (tertiary/aromatic N) is 2. The molecule has 0 spiro atoms. The number of rotatable bonds is 9. The third-order valence-corrected chi connectivity index (χ3v) is 6.72. The van der Waals surface area contributed by atoms with Crippen LogP contribution in [0.1, 0.15) is 30.9 Å². The molecule has 11 nitrogen and oxygen atoms in total. The SMILES string of the molecule is COC(=O)C1=C(C)[N+](OCc2ccco2)=C(C)C(=PO)C1(OCc1ccco1)c1cccc([N+](=O)[O-])c1. The summed E-state index contributed by atoms with van der Waals surface area (Å²) in [6.07, 6.45) is 2.98. The van der Waals surface area contributed by atoms with Crippen molar-refractivity contribution in [3.05, 3.63) is 99.5 Å². The number of allylic oxidation sites excluding steroid dienone is 1. The molecule has 3 heterocycles. The van der Waals surface area contributed by atoms with Gasteiger partial charge in [0.1, 0.15) is 29.0 Å². The third kappa shape index (κ3) is 4.84. The van der Waals surface area contributed by atoms with E-state index in [1.54, 1.807) is 44.2 Å². The summed E-state index contributed by atoms with van der Waals surface area (Å²) in [4.78, 5) is 41.0. The largest absolute Gasteiger partial charge is 0.467 e. The summed E-state index contributed by atoms with van der Waals surface area (Å²) in [7, 11) is 0.944. The highest BCUT2D eigenvalue weighted by atomic mass is 31.1. The molecule has 0 aliphatic carbocycles. The van der Waals surface area contributed by atoms with Gasteiger partial charge in [-0.3, -0.25) is 15.0 Å². The van der Waals surface area contributed by atoms with Crippen LogP contribution in [0, 0.1) is 10.1 Å². The van der Waals surface area contributed by atoms with Crippen molar-refractivity contribution in [2.45, 2.75) is 32.7 Å². The summed E-state index contributed by atoms with van der Waals surface area (Å²) >= 11 is 0. The standard InChI is InChI=1S/C25H23N2O9P/c1-16-22(24(28)32-3)25(35-14-20-9-5-11-33-20,18-7-4-8-19(13-18)27(29)30)23(37-31)17(2)26(16)36-15-21-10-6-12-34-21/h4-13H,14-15H2,1-3H3/p+1. The van der Waals surface area contributed by atoms with Crippen molar-refractivity contribution in [1.29, 1.82) is 0 Å². The Bertz CT molecular complexity index is 1390. The Morgan fingerprint density at radius 1 is 1.11 bits per heavy atom. The average molecular weight is 527 g/mol. The molecule has 1 unspecified atom stereocenters. The minimum atomic E-state index is -1.78. The van der Waals surface area contributed by atoms with Crippen LogP contribution < -0.4 is 0 Å². The van der Waals surface area contributed by atoms with Gasteiger partial charge in [0.05, 0.1) is 33.0 Å². The van der Waals surface area contributed by atoms with E-state index in [-0.39, 0.29) is 43.8 Å². The highest BCUT2D eigenvalue weighted by Crippen LogP contribution is 2.44. The molecule has 12 heteroatoms. The second kappa shape index (κ2) is 10.9. The maximum absolute atomic E-state index is 13.4. The molecule has 0 fully saturated rings.